The normalized spacial score (nSPS) is 11.8. The van der Waals surface area contributed by atoms with Crippen molar-refractivity contribution in [1.29, 1.82) is 0 Å². The minimum Gasteiger partial charge on any atom is -0.473 e. The first-order chi connectivity index (χ1) is 16.1. The van der Waals surface area contributed by atoms with Crippen molar-refractivity contribution in [1.82, 2.24) is 20.4 Å². The molecule has 4 aromatic rings. The molecule has 0 aliphatic rings. The Kier molecular flexibility index (Phi) is 8.38. The van der Waals surface area contributed by atoms with Crippen LogP contribution in [0, 0.1) is 6.92 Å². The number of anilines is 1. The van der Waals surface area contributed by atoms with Crippen molar-refractivity contribution < 1.29 is 9.47 Å². The number of aromatic nitrogens is 4. The Hall–Kier alpha value is -2.40. The van der Waals surface area contributed by atoms with E-state index >= 15 is 0 Å². The summed E-state index contributed by atoms with van der Waals surface area (Å²) in [6, 6.07) is 15.1. The van der Waals surface area contributed by atoms with Gasteiger partial charge in [-0.1, -0.05) is 64.0 Å². The molecular weight excluding hydrogens is 498 g/mol. The number of rotatable bonds is 11. The molecule has 0 fully saturated rings. The maximum atomic E-state index is 5.92. The van der Waals surface area contributed by atoms with Crippen molar-refractivity contribution in [3.8, 4) is 16.7 Å². The second-order valence-electron chi connectivity index (χ2n) is 6.89. The number of nitrogens with zero attached hydrogens (tertiary/aromatic N) is 4. The van der Waals surface area contributed by atoms with E-state index in [4.69, 9.17) is 21.1 Å². The van der Waals surface area contributed by atoms with Gasteiger partial charge in [-0.3, -0.25) is 0 Å². The van der Waals surface area contributed by atoms with E-state index in [1.165, 1.54) is 28.2 Å². The van der Waals surface area contributed by atoms with E-state index in [9.17, 15) is 0 Å². The van der Waals surface area contributed by atoms with Crippen LogP contribution in [0.5, 0.6) is 16.7 Å². The lowest BCUT2D eigenvalue weighted by Gasteiger charge is -2.10. The molecule has 33 heavy (non-hydrogen) atoms. The molecular formula is C22H22ClN5O2S3. The third-order valence-electron chi connectivity index (χ3n) is 4.39. The van der Waals surface area contributed by atoms with Crippen LogP contribution in [0.3, 0.4) is 0 Å². The van der Waals surface area contributed by atoms with E-state index in [-0.39, 0.29) is 5.25 Å². The third-order valence-corrected chi connectivity index (χ3v) is 7.74. The van der Waals surface area contributed by atoms with Gasteiger partial charge in [0, 0.05) is 11.4 Å². The first-order valence-corrected chi connectivity index (χ1v) is 13.3. The molecule has 2 aromatic heterocycles. The Labute approximate surface area is 209 Å². The zero-order valence-corrected chi connectivity index (χ0v) is 21.2. The van der Waals surface area contributed by atoms with Gasteiger partial charge in [-0.15, -0.1) is 15.3 Å². The number of aryl methyl sites for hydroxylation is 1. The number of ether oxygens (including phenoxy) is 2. The molecule has 7 nitrogen and oxygen atoms in total. The summed E-state index contributed by atoms with van der Waals surface area (Å²) in [6.07, 6.45) is 0.703. The summed E-state index contributed by atoms with van der Waals surface area (Å²) in [5.74, 6) is 2.44. The van der Waals surface area contributed by atoms with Crippen molar-refractivity contribution in [2.45, 2.75) is 25.5 Å². The lowest BCUT2D eigenvalue weighted by molar-refractivity contribution is 0.346. The number of hydrogen-bond acceptors (Lipinski definition) is 10. The van der Waals surface area contributed by atoms with Crippen LogP contribution in [-0.4, -0.2) is 32.9 Å². The fourth-order valence-corrected chi connectivity index (χ4v) is 5.70. The monoisotopic (exact) mass is 519 g/mol. The van der Waals surface area contributed by atoms with Crippen LogP contribution in [0.2, 0.25) is 5.02 Å². The van der Waals surface area contributed by atoms with Crippen molar-refractivity contribution in [2.75, 3.05) is 17.8 Å². The van der Waals surface area contributed by atoms with E-state index in [1.807, 2.05) is 31.2 Å². The van der Waals surface area contributed by atoms with Gasteiger partial charge in [0.05, 0.1) is 5.25 Å². The smallest absolute Gasteiger partial charge is 0.299 e. The summed E-state index contributed by atoms with van der Waals surface area (Å²) < 4.78 is 11.5. The lowest BCUT2D eigenvalue weighted by atomic mass is 10.2. The Balaban J connectivity index is 1.33. The van der Waals surface area contributed by atoms with Gasteiger partial charge in [-0.05, 0) is 49.1 Å². The zero-order valence-electron chi connectivity index (χ0n) is 18.0. The first kappa shape index (κ1) is 23.7. The van der Waals surface area contributed by atoms with Crippen LogP contribution in [-0.2, 0) is 6.42 Å². The molecule has 2 heterocycles. The second-order valence-corrected chi connectivity index (χ2v) is 10.8. The standard InChI is InChI=1S/C22H22ClN5O2S3/c1-3-31-18(12-19-25-28-22(32-19)30-17-10-6-15(23)7-11-17)20-26-27-21(33-20)24-13-29-16-8-4-14(2)5-9-16/h4-11,18H,3,12-13H2,1-2H3,(H,24,27). The van der Waals surface area contributed by atoms with Gasteiger partial charge in [-0.25, -0.2) is 0 Å². The van der Waals surface area contributed by atoms with Gasteiger partial charge < -0.3 is 14.8 Å². The number of hydrogen-bond donors (Lipinski definition) is 1. The predicted molar refractivity (Wildman–Crippen MR) is 136 cm³/mol. The van der Waals surface area contributed by atoms with Crippen LogP contribution < -0.4 is 14.8 Å². The molecule has 2 aromatic carbocycles. The van der Waals surface area contributed by atoms with Gasteiger partial charge >= 0.3 is 0 Å². The minimum atomic E-state index is 0.136. The number of thioether (sulfide) groups is 1. The van der Waals surface area contributed by atoms with Crippen molar-refractivity contribution in [3.05, 3.63) is 69.1 Å². The van der Waals surface area contributed by atoms with Gasteiger partial charge in [0.1, 0.15) is 21.5 Å². The molecule has 0 spiro atoms. The molecule has 0 saturated heterocycles. The summed E-state index contributed by atoms with van der Waals surface area (Å²) in [7, 11) is 0. The molecule has 11 heteroatoms. The topological polar surface area (TPSA) is 82.1 Å². The third kappa shape index (κ3) is 7.04. The van der Waals surface area contributed by atoms with Gasteiger partial charge in [0.15, 0.2) is 6.73 Å². The quantitative estimate of drug-likeness (QED) is 0.221. The summed E-state index contributed by atoms with van der Waals surface area (Å²) in [4.78, 5) is 0. The van der Waals surface area contributed by atoms with Gasteiger partial charge in [-0.2, -0.15) is 11.8 Å². The number of benzene rings is 2. The maximum absolute atomic E-state index is 5.92. The first-order valence-electron chi connectivity index (χ1n) is 10.2. The Morgan fingerprint density at radius 1 is 0.970 bits per heavy atom. The SMILES string of the molecule is CCSC(Cc1nnc(Oc2ccc(Cl)cc2)s1)c1nnc(NCOc2ccc(C)cc2)s1. The van der Waals surface area contributed by atoms with E-state index in [0.29, 0.717) is 29.1 Å². The second kappa shape index (κ2) is 11.6. The highest BCUT2D eigenvalue weighted by atomic mass is 35.5. The summed E-state index contributed by atoms with van der Waals surface area (Å²) >= 11 is 10.7. The minimum absolute atomic E-state index is 0.136. The van der Waals surface area contributed by atoms with E-state index in [0.717, 1.165) is 26.6 Å². The fraction of sp³-hybridized carbons (Fsp3) is 0.273. The molecule has 1 unspecified atom stereocenters. The van der Waals surface area contributed by atoms with E-state index in [2.05, 4.69) is 32.6 Å². The zero-order chi connectivity index (χ0) is 23.0. The number of halogens is 1. The largest absolute Gasteiger partial charge is 0.473 e. The van der Waals surface area contributed by atoms with E-state index in [1.54, 1.807) is 36.0 Å². The van der Waals surface area contributed by atoms with E-state index < -0.39 is 0 Å². The Bertz CT molecular complexity index is 1150. The molecule has 0 saturated carbocycles. The van der Waals surface area contributed by atoms with Crippen molar-refractivity contribution in [3.63, 3.8) is 0 Å². The molecule has 0 aliphatic heterocycles. The lowest BCUT2D eigenvalue weighted by Crippen LogP contribution is -2.08. The molecule has 0 amide bonds. The molecule has 1 atom stereocenters. The molecule has 172 valence electrons. The molecule has 0 radical (unpaired) electrons. The summed E-state index contributed by atoms with van der Waals surface area (Å²) in [6.45, 7) is 4.50. The van der Waals surface area contributed by atoms with Crippen LogP contribution in [0.15, 0.2) is 48.5 Å². The highest BCUT2D eigenvalue weighted by Crippen LogP contribution is 2.37. The highest BCUT2D eigenvalue weighted by molar-refractivity contribution is 7.99. The van der Waals surface area contributed by atoms with Crippen LogP contribution >= 0.6 is 46.0 Å². The highest BCUT2D eigenvalue weighted by Gasteiger charge is 2.20. The molecule has 4 rings (SSSR count). The summed E-state index contributed by atoms with van der Waals surface area (Å²) in [5.41, 5.74) is 1.20. The van der Waals surface area contributed by atoms with Crippen molar-refractivity contribution in [2.24, 2.45) is 0 Å². The average Bonchev–Trinajstić information content (AvgIpc) is 3.46. The molecule has 0 bridgehead atoms. The summed E-state index contributed by atoms with van der Waals surface area (Å²) in [5, 5.41) is 24.2. The molecule has 1 N–H and O–H groups in total. The number of nitrogens with one attached hydrogen (secondary N) is 1. The average molecular weight is 520 g/mol. The molecule has 0 aliphatic carbocycles. The van der Waals surface area contributed by atoms with Gasteiger partial charge in [0.25, 0.3) is 5.19 Å². The Morgan fingerprint density at radius 3 is 2.48 bits per heavy atom. The van der Waals surface area contributed by atoms with Gasteiger partial charge in [0.2, 0.25) is 5.13 Å². The maximum Gasteiger partial charge on any atom is 0.299 e. The predicted octanol–water partition coefficient (Wildman–Crippen LogP) is 6.63. The van der Waals surface area contributed by atoms with Crippen LogP contribution in [0.4, 0.5) is 5.13 Å². The van der Waals surface area contributed by atoms with Crippen molar-refractivity contribution >= 4 is 51.2 Å². The van der Waals surface area contributed by atoms with Crippen LogP contribution in [0.25, 0.3) is 0 Å². The van der Waals surface area contributed by atoms with Crippen LogP contribution in [0.1, 0.15) is 27.8 Å². The fourth-order valence-electron chi connectivity index (χ4n) is 2.79. The Morgan fingerprint density at radius 2 is 1.73 bits per heavy atom.